The summed E-state index contributed by atoms with van der Waals surface area (Å²) in [6.45, 7) is 1.94. The Bertz CT molecular complexity index is 272. The molecule has 1 atom stereocenters. The predicted octanol–water partition coefficient (Wildman–Crippen LogP) is 2.95. The van der Waals surface area contributed by atoms with E-state index in [1.54, 1.807) is 0 Å². The number of amides is 1. The zero-order valence-electron chi connectivity index (χ0n) is 12.5. The van der Waals surface area contributed by atoms with E-state index >= 15 is 0 Å². The molecule has 3 heteroatoms. The van der Waals surface area contributed by atoms with Gasteiger partial charge >= 0.3 is 0 Å². The lowest BCUT2D eigenvalue weighted by molar-refractivity contribution is -0.135. The summed E-state index contributed by atoms with van der Waals surface area (Å²) in [6, 6.07) is 0.442. The van der Waals surface area contributed by atoms with Crippen LogP contribution in [0.15, 0.2) is 0 Å². The molecule has 1 aliphatic carbocycles. The molecule has 0 bridgehead atoms. The van der Waals surface area contributed by atoms with Gasteiger partial charge in [0.1, 0.15) is 0 Å². The first-order valence-electron chi connectivity index (χ1n) is 8.25. The second-order valence-corrected chi connectivity index (χ2v) is 6.34. The SMILES string of the molecule is CNCC1CCCCN1C(=O)CCC1CCCCC1. The van der Waals surface area contributed by atoms with E-state index in [-0.39, 0.29) is 0 Å². The van der Waals surface area contributed by atoms with E-state index < -0.39 is 0 Å². The van der Waals surface area contributed by atoms with Crippen LogP contribution in [0.5, 0.6) is 0 Å². The maximum atomic E-state index is 12.4. The molecular weight excluding hydrogens is 236 g/mol. The Hall–Kier alpha value is -0.570. The normalized spacial score (nSPS) is 25.5. The van der Waals surface area contributed by atoms with Gasteiger partial charge in [0, 0.05) is 25.6 Å². The minimum absolute atomic E-state index is 0.408. The molecule has 0 radical (unpaired) electrons. The second kappa shape index (κ2) is 7.88. The van der Waals surface area contributed by atoms with Crippen LogP contribution in [0.1, 0.15) is 64.2 Å². The fourth-order valence-corrected chi connectivity index (χ4v) is 3.72. The van der Waals surface area contributed by atoms with Crippen molar-refractivity contribution < 1.29 is 4.79 Å². The van der Waals surface area contributed by atoms with Crippen molar-refractivity contribution in [1.82, 2.24) is 10.2 Å². The van der Waals surface area contributed by atoms with Gasteiger partial charge in [-0.25, -0.2) is 0 Å². The van der Waals surface area contributed by atoms with Gasteiger partial charge in [-0.3, -0.25) is 4.79 Å². The van der Waals surface area contributed by atoms with E-state index in [9.17, 15) is 4.79 Å². The third-order valence-electron chi connectivity index (χ3n) is 4.88. The smallest absolute Gasteiger partial charge is 0.222 e. The molecule has 1 unspecified atom stereocenters. The van der Waals surface area contributed by atoms with Crippen molar-refractivity contribution in [1.29, 1.82) is 0 Å². The van der Waals surface area contributed by atoms with Gasteiger partial charge in [-0.05, 0) is 38.6 Å². The molecule has 1 aliphatic heterocycles. The fourth-order valence-electron chi connectivity index (χ4n) is 3.72. The quantitative estimate of drug-likeness (QED) is 0.830. The van der Waals surface area contributed by atoms with Gasteiger partial charge in [-0.2, -0.15) is 0 Å². The zero-order chi connectivity index (χ0) is 13.5. The highest BCUT2D eigenvalue weighted by atomic mass is 16.2. The Morgan fingerprint density at radius 3 is 2.58 bits per heavy atom. The number of likely N-dealkylation sites (N-methyl/N-ethyl adjacent to an activating group) is 1. The maximum Gasteiger partial charge on any atom is 0.222 e. The van der Waals surface area contributed by atoms with E-state index in [0.29, 0.717) is 11.9 Å². The van der Waals surface area contributed by atoms with Gasteiger partial charge in [0.05, 0.1) is 0 Å². The lowest BCUT2D eigenvalue weighted by Gasteiger charge is -2.36. The lowest BCUT2D eigenvalue weighted by atomic mass is 9.86. The summed E-state index contributed by atoms with van der Waals surface area (Å²) >= 11 is 0. The van der Waals surface area contributed by atoms with Gasteiger partial charge in [-0.1, -0.05) is 32.1 Å². The third-order valence-corrected chi connectivity index (χ3v) is 4.88. The molecular formula is C16H30N2O. The maximum absolute atomic E-state index is 12.4. The second-order valence-electron chi connectivity index (χ2n) is 6.34. The first kappa shape index (κ1) is 14.8. The fraction of sp³-hybridized carbons (Fsp3) is 0.938. The molecule has 1 amide bonds. The number of likely N-dealkylation sites (tertiary alicyclic amines) is 1. The average molecular weight is 266 g/mol. The summed E-state index contributed by atoms with van der Waals surface area (Å²) in [4.78, 5) is 14.6. The van der Waals surface area contributed by atoms with Gasteiger partial charge in [0.25, 0.3) is 0 Å². The number of hydrogen-bond acceptors (Lipinski definition) is 2. The van der Waals surface area contributed by atoms with E-state index in [1.807, 2.05) is 7.05 Å². The Labute approximate surface area is 118 Å². The number of rotatable bonds is 5. The summed E-state index contributed by atoms with van der Waals surface area (Å²) in [5.41, 5.74) is 0. The summed E-state index contributed by atoms with van der Waals surface area (Å²) in [7, 11) is 1.99. The Kier molecular flexibility index (Phi) is 6.15. The number of nitrogens with zero attached hydrogens (tertiary/aromatic N) is 1. The molecule has 110 valence electrons. The number of nitrogens with one attached hydrogen (secondary N) is 1. The van der Waals surface area contributed by atoms with E-state index in [0.717, 1.165) is 31.8 Å². The standard InChI is InChI=1S/C16H30N2O/c1-17-13-15-9-5-6-12-18(15)16(19)11-10-14-7-3-2-4-8-14/h14-15,17H,2-13H2,1H3. The first-order valence-corrected chi connectivity index (χ1v) is 8.25. The molecule has 0 aromatic carbocycles. The third kappa shape index (κ3) is 4.48. The van der Waals surface area contributed by atoms with Crippen LogP contribution < -0.4 is 5.32 Å². The van der Waals surface area contributed by atoms with Crippen molar-refractivity contribution in [3.05, 3.63) is 0 Å². The highest BCUT2D eigenvalue weighted by molar-refractivity contribution is 5.76. The lowest BCUT2D eigenvalue weighted by Crippen LogP contribution is -2.48. The molecule has 2 rings (SSSR count). The Morgan fingerprint density at radius 1 is 1.11 bits per heavy atom. The zero-order valence-corrected chi connectivity index (χ0v) is 12.5. The van der Waals surface area contributed by atoms with Crippen LogP contribution in [0.25, 0.3) is 0 Å². The molecule has 0 aromatic rings. The van der Waals surface area contributed by atoms with Crippen molar-refractivity contribution in [2.24, 2.45) is 5.92 Å². The number of carbonyl (C=O) groups excluding carboxylic acids is 1. The summed E-state index contributed by atoms with van der Waals surface area (Å²) in [5, 5.41) is 3.23. The summed E-state index contributed by atoms with van der Waals surface area (Å²) < 4.78 is 0. The van der Waals surface area contributed by atoms with Gasteiger partial charge in [0.15, 0.2) is 0 Å². The summed E-state index contributed by atoms with van der Waals surface area (Å²) in [6.07, 6.45) is 12.4. The van der Waals surface area contributed by atoms with E-state index in [2.05, 4.69) is 10.2 Å². The van der Waals surface area contributed by atoms with Crippen molar-refractivity contribution in [3.8, 4) is 0 Å². The molecule has 1 saturated carbocycles. The monoisotopic (exact) mass is 266 g/mol. The van der Waals surface area contributed by atoms with E-state index in [4.69, 9.17) is 0 Å². The molecule has 1 heterocycles. The van der Waals surface area contributed by atoms with Crippen molar-refractivity contribution in [2.45, 2.75) is 70.3 Å². The molecule has 0 aromatic heterocycles. The van der Waals surface area contributed by atoms with Gasteiger partial charge in [0.2, 0.25) is 5.91 Å². The highest BCUT2D eigenvalue weighted by Crippen LogP contribution is 2.28. The molecule has 0 spiro atoms. The van der Waals surface area contributed by atoms with E-state index in [1.165, 1.54) is 51.4 Å². The predicted molar refractivity (Wildman–Crippen MR) is 79.1 cm³/mol. The summed E-state index contributed by atoms with van der Waals surface area (Å²) in [5.74, 6) is 1.23. The van der Waals surface area contributed by atoms with Crippen LogP contribution in [-0.4, -0.2) is 37.0 Å². The number of hydrogen-bond donors (Lipinski definition) is 1. The first-order chi connectivity index (χ1) is 9.31. The topological polar surface area (TPSA) is 32.3 Å². The minimum Gasteiger partial charge on any atom is -0.338 e. The van der Waals surface area contributed by atoms with Crippen LogP contribution in [0, 0.1) is 5.92 Å². The minimum atomic E-state index is 0.408. The Morgan fingerprint density at radius 2 is 1.84 bits per heavy atom. The highest BCUT2D eigenvalue weighted by Gasteiger charge is 2.26. The van der Waals surface area contributed by atoms with Crippen molar-refractivity contribution in [3.63, 3.8) is 0 Å². The van der Waals surface area contributed by atoms with Crippen LogP contribution in [0.3, 0.4) is 0 Å². The molecule has 1 N–H and O–H groups in total. The molecule has 2 fully saturated rings. The molecule has 1 saturated heterocycles. The Balaban J connectivity index is 1.76. The van der Waals surface area contributed by atoms with Gasteiger partial charge in [-0.15, -0.1) is 0 Å². The van der Waals surface area contributed by atoms with Crippen molar-refractivity contribution >= 4 is 5.91 Å². The largest absolute Gasteiger partial charge is 0.338 e. The molecule has 19 heavy (non-hydrogen) atoms. The van der Waals surface area contributed by atoms with Gasteiger partial charge < -0.3 is 10.2 Å². The van der Waals surface area contributed by atoms with Crippen LogP contribution in [0.4, 0.5) is 0 Å². The van der Waals surface area contributed by atoms with Crippen LogP contribution >= 0.6 is 0 Å². The number of carbonyl (C=O) groups is 1. The van der Waals surface area contributed by atoms with Crippen LogP contribution in [-0.2, 0) is 4.79 Å². The van der Waals surface area contributed by atoms with Crippen LogP contribution in [0.2, 0.25) is 0 Å². The molecule has 2 aliphatic rings. The van der Waals surface area contributed by atoms with Crippen molar-refractivity contribution in [2.75, 3.05) is 20.1 Å². The number of piperidine rings is 1. The molecule has 3 nitrogen and oxygen atoms in total. The average Bonchev–Trinajstić information content (AvgIpc) is 2.47.